The number of fused-ring (bicyclic) bond motifs is 2. The van der Waals surface area contributed by atoms with Crippen molar-refractivity contribution in [3.63, 3.8) is 0 Å². The van der Waals surface area contributed by atoms with Crippen LogP contribution >= 0.6 is 0 Å². The topological polar surface area (TPSA) is 156 Å². The quantitative estimate of drug-likeness (QED) is 0.200. The van der Waals surface area contributed by atoms with Gasteiger partial charge < -0.3 is 0 Å². The first kappa shape index (κ1) is 33.2. The van der Waals surface area contributed by atoms with E-state index in [2.05, 4.69) is 14.5 Å². The summed E-state index contributed by atoms with van der Waals surface area (Å²) in [5, 5.41) is 61.6. The van der Waals surface area contributed by atoms with Crippen molar-refractivity contribution in [3.8, 4) is 36.4 Å². The predicted molar refractivity (Wildman–Crippen MR) is 172 cm³/mol. The standard InChI is InChI=1S/C38H12F3N9/c1-18-8-19(2)10-22(9-18)30-36(28(17-47)49-4)33-24(14-44)31-23(13-43)29(20-6-7-21(12-42)26(11-20)38(39,40)41)35(27(16-46)48-3)32(31)25(15-45)34(33)37(30)50-5/h6-11H,1-2H3/b35-27-,36-28+. The Morgan fingerprint density at radius 3 is 1.64 bits per heavy atom. The van der Waals surface area contributed by atoms with Crippen LogP contribution in [0.1, 0.15) is 66.8 Å². The van der Waals surface area contributed by atoms with Gasteiger partial charge in [-0.3, -0.25) is 0 Å². The smallest absolute Gasteiger partial charge is 0.237 e. The van der Waals surface area contributed by atoms with Crippen LogP contribution in [0.5, 0.6) is 0 Å². The van der Waals surface area contributed by atoms with Crippen LogP contribution in [0.15, 0.2) is 47.8 Å². The third-order valence-electron chi connectivity index (χ3n) is 8.07. The van der Waals surface area contributed by atoms with Crippen LogP contribution in [0.25, 0.3) is 48.1 Å². The molecule has 0 atom stereocenters. The number of hydrogen-bond donors (Lipinski definition) is 0. The molecule has 12 heteroatoms. The second-order valence-electron chi connectivity index (χ2n) is 10.8. The van der Waals surface area contributed by atoms with E-state index in [4.69, 9.17) is 19.7 Å². The molecule has 0 aliphatic heterocycles. The number of nitrogens with zero attached hydrogens (tertiary/aromatic N) is 9. The van der Waals surface area contributed by atoms with E-state index in [0.29, 0.717) is 11.6 Å². The van der Waals surface area contributed by atoms with Gasteiger partial charge in [-0.2, -0.15) is 34.2 Å². The van der Waals surface area contributed by atoms with Crippen molar-refractivity contribution in [2.45, 2.75) is 20.0 Å². The Hall–Kier alpha value is -8.18. The second-order valence-corrected chi connectivity index (χ2v) is 10.8. The highest BCUT2D eigenvalue weighted by molar-refractivity contribution is 6.31. The Balaban J connectivity index is 2.11. The van der Waals surface area contributed by atoms with E-state index in [1.165, 1.54) is 6.07 Å². The normalized spacial score (nSPS) is 14.6. The number of halogens is 3. The van der Waals surface area contributed by atoms with Crippen LogP contribution in [-0.4, -0.2) is 0 Å². The molecular weight excluding hydrogens is 639 g/mol. The van der Waals surface area contributed by atoms with Crippen LogP contribution < -0.4 is 0 Å². The first-order valence-electron chi connectivity index (χ1n) is 14.0. The summed E-state index contributed by atoms with van der Waals surface area (Å²) in [6.45, 7) is 27.3. The molecule has 0 heterocycles. The minimum Gasteiger partial charge on any atom is -0.237 e. The van der Waals surface area contributed by atoms with E-state index >= 15 is 0 Å². The van der Waals surface area contributed by atoms with Crippen molar-refractivity contribution in [3.05, 3.63) is 149 Å². The van der Waals surface area contributed by atoms with Gasteiger partial charge in [0.05, 0.1) is 71.8 Å². The lowest BCUT2D eigenvalue weighted by atomic mass is 9.83. The lowest BCUT2D eigenvalue weighted by Gasteiger charge is -2.17. The SMILES string of the molecule is [C-]#[N+]C1=C(c2cc(C)cc(C)c2)/C(=C(/C#N)[N+]#[C-])c2c(C#N)c3c(c(C#N)c21)/C(=C(/C#N)[N+]#[C-])C(c1ccc(C#N)c(C(F)(F)F)c1)=C3C#N. The number of aryl methyl sites for hydroxylation is 2. The largest absolute Gasteiger partial charge is 0.417 e. The molecule has 230 valence electrons. The maximum absolute atomic E-state index is 14.1. The molecule has 3 aromatic rings. The van der Waals surface area contributed by atoms with Gasteiger partial charge in [-0.25, -0.2) is 25.1 Å². The van der Waals surface area contributed by atoms with Crippen molar-refractivity contribution < 1.29 is 13.2 Å². The molecule has 0 aromatic heterocycles. The van der Waals surface area contributed by atoms with E-state index in [1.807, 2.05) is 24.3 Å². The molecule has 0 saturated heterocycles. The molecule has 2 aliphatic rings. The van der Waals surface area contributed by atoms with Crippen LogP contribution in [0.3, 0.4) is 0 Å². The van der Waals surface area contributed by atoms with Gasteiger partial charge in [-0.15, -0.1) is 0 Å². The molecular formula is C38H12F3N9. The minimum atomic E-state index is -5.04. The maximum atomic E-state index is 14.1. The van der Waals surface area contributed by atoms with Gasteiger partial charge in [-0.05, 0) is 65.0 Å². The van der Waals surface area contributed by atoms with Crippen LogP contribution in [0.2, 0.25) is 0 Å². The monoisotopic (exact) mass is 651 g/mol. The second kappa shape index (κ2) is 12.2. The summed E-state index contributed by atoms with van der Waals surface area (Å²) in [4.78, 5) is 10.3. The molecule has 0 amide bonds. The average Bonchev–Trinajstić information content (AvgIpc) is 3.61. The molecule has 0 unspecified atom stereocenters. The number of nitriles is 6. The average molecular weight is 652 g/mol. The fourth-order valence-corrected chi connectivity index (χ4v) is 6.40. The Kier molecular flexibility index (Phi) is 8.10. The van der Waals surface area contributed by atoms with Gasteiger partial charge in [0.15, 0.2) is 0 Å². The van der Waals surface area contributed by atoms with E-state index in [1.54, 1.807) is 38.1 Å². The minimum absolute atomic E-state index is 0.0619. The maximum Gasteiger partial charge on any atom is 0.417 e. The fraction of sp³-hybridized carbons (Fsp3) is 0.0789. The number of benzene rings is 3. The van der Waals surface area contributed by atoms with Crippen molar-refractivity contribution >= 4 is 33.6 Å². The lowest BCUT2D eigenvalue weighted by Crippen LogP contribution is -2.08. The number of allylic oxidation sites excluding steroid dienone is 7. The van der Waals surface area contributed by atoms with Crippen LogP contribution in [0.4, 0.5) is 13.2 Å². The first-order valence-corrected chi connectivity index (χ1v) is 14.0. The van der Waals surface area contributed by atoms with Gasteiger partial charge in [-0.1, -0.05) is 35.4 Å². The molecule has 0 N–H and O–H groups in total. The summed E-state index contributed by atoms with van der Waals surface area (Å²) < 4.78 is 42.3. The summed E-state index contributed by atoms with van der Waals surface area (Å²) in [5.74, 6) is 0. The summed E-state index contributed by atoms with van der Waals surface area (Å²) in [7, 11) is 0. The summed E-state index contributed by atoms with van der Waals surface area (Å²) >= 11 is 0. The molecule has 50 heavy (non-hydrogen) atoms. The Labute approximate surface area is 283 Å². The number of alkyl halides is 3. The highest BCUT2D eigenvalue weighted by atomic mass is 19.4. The van der Waals surface area contributed by atoms with Gasteiger partial charge >= 0.3 is 6.18 Å². The first-order chi connectivity index (χ1) is 23.9. The van der Waals surface area contributed by atoms with E-state index in [0.717, 1.165) is 23.3 Å². The number of hydrogen-bond acceptors (Lipinski definition) is 6. The molecule has 5 rings (SSSR count). The summed E-state index contributed by atoms with van der Waals surface area (Å²) in [6, 6.07) is 18.4. The number of rotatable bonds is 2. The molecule has 0 fully saturated rings. The molecule has 3 aromatic carbocycles. The van der Waals surface area contributed by atoms with E-state index < -0.39 is 51.0 Å². The van der Waals surface area contributed by atoms with Crippen molar-refractivity contribution in [1.29, 1.82) is 31.6 Å². The van der Waals surface area contributed by atoms with Crippen molar-refractivity contribution in [2.75, 3.05) is 0 Å². The third-order valence-corrected chi connectivity index (χ3v) is 8.07. The molecule has 2 aliphatic carbocycles. The zero-order valence-electron chi connectivity index (χ0n) is 25.6. The Morgan fingerprint density at radius 1 is 0.640 bits per heavy atom. The van der Waals surface area contributed by atoms with E-state index in [9.17, 15) is 44.7 Å². The Morgan fingerprint density at radius 2 is 1.18 bits per heavy atom. The summed E-state index contributed by atoms with van der Waals surface area (Å²) in [6.07, 6.45) is -5.04. The highest BCUT2D eigenvalue weighted by Crippen LogP contribution is 2.58. The van der Waals surface area contributed by atoms with Gasteiger partial charge in [0, 0.05) is 16.7 Å². The Bertz CT molecular complexity index is 2640. The molecule has 0 bridgehead atoms. The predicted octanol–water partition coefficient (Wildman–Crippen LogP) is 8.49. The summed E-state index contributed by atoms with van der Waals surface area (Å²) in [5.41, 5.74) is -5.36. The fourth-order valence-electron chi connectivity index (χ4n) is 6.40. The molecule has 0 spiro atoms. The van der Waals surface area contributed by atoms with Gasteiger partial charge in [0.25, 0.3) is 11.4 Å². The zero-order chi connectivity index (χ0) is 36.7. The molecule has 0 saturated carbocycles. The van der Waals surface area contributed by atoms with E-state index in [-0.39, 0.29) is 50.2 Å². The van der Waals surface area contributed by atoms with Gasteiger partial charge in [0.1, 0.15) is 12.1 Å². The molecule has 9 nitrogen and oxygen atoms in total. The van der Waals surface area contributed by atoms with Gasteiger partial charge in [0.2, 0.25) is 5.70 Å². The van der Waals surface area contributed by atoms with Crippen LogP contribution in [-0.2, 0) is 6.18 Å². The molecule has 0 radical (unpaired) electrons. The van der Waals surface area contributed by atoms with Crippen molar-refractivity contribution in [2.24, 2.45) is 0 Å². The van der Waals surface area contributed by atoms with Crippen LogP contribution in [0, 0.1) is 102 Å². The van der Waals surface area contributed by atoms with Crippen molar-refractivity contribution in [1.82, 2.24) is 0 Å². The zero-order valence-corrected chi connectivity index (χ0v) is 25.6. The third kappa shape index (κ3) is 4.71. The lowest BCUT2D eigenvalue weighted by molar-refractivity contribution is -0.137. The highest BCUT2D eigenvalue weighted by Gasteiger charge is 2.44.